The number of ketones is 1. The molecule has 106 valence electrons. The van der Waals surface area contributed by atoms with Gasteiger partial charge in [-0.3, -0.25) is 4.79 Å². The van der Waals surface area contributed by atoms with Crippen LogP contribution < -0.4 is 10.6 Å². The maximum absolute atomic E-state index is 11.6. The lowest BCUT2D eigenvalue weighted by Crippen LogP contribution is -2.31. The fourth-order valence-electron chi connectivity index (χ4n) is 1.22. The summed E-state index contributed by atoms with van der Waals surface area (Å²) in [6, 6.07) is 0. The molecule has 0 aromatic rings. The van der Waals surface area contributed by atoms with E-state index in [4.69, 9.17) is 34.8 Å². The molecule has 0 atom stereocenters. The number of halogens is 3. The van der Waals surface area contributed by atoms with E-state index in [-0.39, 0.29) is 5.03 Å². The van der Waals surface area contributed by atoms with Crippen LogP contribution in [-0.2, 0) is 4.79 Å². The second-order valence-corrected chi connectivity index (χ2v) is 5.39. The molecule has 0 spiro atoms. The number of alkyl halides is 2. The summed E-state index contributed by atoms with van der Waals surface area (Å²) in [6.07, 6.45) is 4.13. The third-order valence-electron chi connectivity index (χ3n) is 2.30. The first kappa shape index (κ1) is 17.9. The van der Waals surface area contributed by atoms with Crippen molar-refractivity contribution in [2.45, 2.75) is 44.4 Å². The number of rotatable bonds is 10. The zero-order valence-corrected chi connectivity index (χ0v) is 13.1. The molecule has 0 aliphatic carbocycles. The summed E-state index contributed by atoms with van der Waals surface area (Å²) in [6.45, 7) is 5.69. The number of carbonyl (C=O) groups excluding carboxylic acids is 1. The van der Waals surface area contributed by atoms with Gasteiger partial charge in [-0.25, -0.2) is 0 Å². The van der Waals surface area contributed by atoms with Crippen molar-refractivity contribution in [2.24, 2.45) is 0 Å². The van der Waals surface area contributed by atoms with Crippen LogP contribution in [0.25, 0.3) is 0 Å². The minimum Gasteiger partial charge on any atom is -0.371 e. The predicted octanol–water partition coefficient (Wildman–Crippen LogP) is 3.55. The van der Waals surface area contributed by atoms with Crippen LogP contribution in [0.5, 0.6) is 0 Å². The van der Waals surface area contributed by atoms with Gasteiger partial charge < -0.3 is 10.6 Å². The minimum absolute atomic E-state index is 0.0391. The minimum atomic E-state index is -1.13. The summed E-state index contributed by atoms with van der Waals surface area (Å²) in [4.78, 5) is 10.5. The molecule has 3 nitrogen and oxygen atoms in total. The Kier molecular flexibility index (Phi) is 10.7. The molecule has 0 saturated heterocycles. The average molecular weight is 316 g/mol. The van der Waals surface area contributed by atoms with E-state index in [0.29, 0.717) is 5.82 Å². The van der Waals surface area contributed by atoms with Crippen molar-refractivity contribution in [1.29, 1.82) is 0 Å². The van der Waals surface area contributed by atoms with Gasteiger partial charge in [-0.2, -0.15) is 0 Å². The predicted molar refractivity (Wildman–Crippen MR) is 79.2 cm³/mol. The SMILES string of the molecule is CCCCNC(NCCCC)=C(Cl)C(=O)C(Cl)Cl. The van der Waals surface area contributed by atoms with Crippen molar-refractivity contribution < 1.29 is 4.79 Å². The number of carbonyl (C=O) groups is 1. The Morgan fingerprint density at radius 2 is 1.50 bits per heavy atom. The molecule has 18 heavy (non-hydrogen) atoms. The molecule has 0 aromatic heterocycles. The maximum Gasteiger partial charge on any atom is 0.210 e. The normalized spacial score (nSPS) is 10.3. The van der Waals surface area contributed by atoms with Crippen molar-refractivity contribution in [3.05, 3.63) is 10.9 Å². The fourth-order valence-corrected chi connectivity index (χ4v) is 1.79. The Hall–Kier alpha value is -0.120. The quantitative estimate of drug-likeness (QED) is 0.368. The van der Waals surface area contributed by atoms with Gasteiger partial charge in [0, 0.05) is 13.1 Å². The third kappa shape index (κ3) is 7.34. The highest BCUT2D eigenvalue weighted by Crippen LogP contribution is 2.15. The van der Waals surface area contributed by atoms with Crippen LogP contribution in [0.4, 0.5) is 0 Å². The van der Waals surface area contributed by atoms with Gasteiger partial charge in [0.1, 0.15) is 10.9 Å². The van der Waals surface area contributed by atoms with E-state index >= 15 is 0 Å². The smallest absolute Gasteiger partial charge is 0.210 e. The second-order valence-electron chi connectivity index (χ2n) is 3.91. The molecule has 2 N–H and O–H groups in total. The Labute approximate surface area is 124 Å². The molecule has 0 aromatic carbocycles. The molecule has 0 aliphatic heterocycles. The first-order valence-corrected chi connectivity index (χ1v) is 7.49. The number of hydrogen-bond acceptors (Lipinski definition) is 3. The molecule has 0 fully saturated rings. The summed E-state index contributed by atoms with van der Waals surface area (Å²) in [5.41, 5.74) is 0. The molecule has 6 heteroatoms. The summed E-state index contributed by atoms with van der Waals surface area (Å²) in [5.74, 6) is 0.0397. The lowest BCUT2D eigenvalue weighted by Gasteiger charge is -2.15. The number of unbranched alkanes of at least 4 members (excludes halogenated alkanes) is 2. The topological polar surface area (TPSA) is 41.1 Å². The standard InChI is InChI=1S/C12H21Cl3N2O/c1-3-5-7-16-12(17-8-6-4-2)9(13)10(18)11(14)15/h11,16-17H,3-8H2,1-2H3. The number of allylic oxidation sites excluding steroid dienone is 1. The Balaban J connectivity index is 4.59. The zero-order valence-electron chi connectivity index (χ0n) is 10.9. The molecule has 0 radical (unpaired) electrons. The van der Waals surface area contributed by atoms with E-state index < -0.39 is 10.6 Å². The highest BCUT2D eigenvalue weighted by atomic mass is 35.5. The van der Waals surface area contributed by atoms with E-state index in [2.05, 4.69) is 24.5 Å². The molecular weight excluding hydrogens is 295 g/mol. The van der Waals surface area contributed by atoms with Gasteiger partial charge in [0.05, 0.1) is 0 Å². The maximum atomic E-state index is 11.6. The van der Waals surface area contributed by atoms with Crippen molar-refractivity contribution in [3.63, 3.8) is 0 Å². The van der Waals surface area contributed by atoms with Gasteiger partial charge in [-0.05, 0) is 12.8 Å². The summed E-state index contributed by atoms with van der Waals surface area (Å²) in [5, 5.41) is 6.27. The molecule has 0 rings (SSSR count). The molecule has 0 unspecified atom stereocenters. The fraction of sp³-hybridized carbons (Fsp3) is 0.750. The molecular formula is C12H21Cl3N2O. The molecule has 0 saturated carbocycles. The van der Waals surface area contributed by atoms with Gasteiger partial charge in [-0.15, -0.1) is 0 Å². The van der Waals surface area contributed by atoms with Crippen LogP contribution >= 0.6 is 34.8 Å². The Morgan fingerprint density at radius 3 is 1.83 bits per heavy atom. The van der Waals surface area contributed by atoms with E-state index in [9.17, 15) is 4.79 Å². The first-order chi connectivity index (χ1) is 8.54. The van der Waals surface area contributed by atoms with Gasteiger partial charge in [0.2, 0.25) is 5.78 Å². The Morgan fingerprint density at radius 1 is 1.06 bits per heavy atom. The van der Waals surface area contributed by atoms with Gasteiger partial charge in [-0.1, -0.05) is 61.5 Å². The first-order valence-electron chi connectivity index (χ1n) is 6.24. The van der Waals surface area contributed by atoms with Crippen molar-refractivity contribution in [3.8, 4) is 0 Å². The second kappa shape index (κ2) is 10.8. The van der Waals surface area contributed by atoms with Crippen molar-refractivity contribution in [1.82, 2.24) is 10.6 Å². The number of hydrogen-bond donors (Lipinski definition) is 2. The molecule has 0 amide bonds. The average Bonchev–Trinajstić information content (AvgIpc) is 2.35. The monoisotopic (exact) mass is 314 g/mol. The van der Waals surface area contributed by atoms with E-state index in [0.717, 1.165) is 38.8 Å². The lowest BCUT2D eigenvalue weighted by atomic mass is 10.3. The van der Waals surface area contributed by atoms with Crippen LogP contribution in [0.2, 0.25) is 0 Å². The van der Waals surface area contributed by atoms with Crippen LogP contribution in [-0.4, -0.2) is 23.7 Å². The van der Waals surface area contributed by atoms with Crippen LogP contribution in [0.1, 0.15) is 39.5 Å². The van der Waals surface area contributed by atoms with E-state index in [1.807, 2.05) is 0 Å². The van der Waals surface area contributed by atoms with Crippen molar-refractivity contribution in [2.75, 3.05) is 13.1 Å². The Bertz CT molecular complexity index is 268. The third-order valence-corrected chi connectivity index (χ3v) is 3.07. The van der Waals surface area contributed by atoms with Crippen LogP contribution in [0, 0.1) is 0 Å². The summed E-state index contributed by atoms with van der Waals surface area (Å²) in [7, 11) is 0. The molecule has 0 aliphatic rings. The van der Waals surface area contributed by atoms with Crippen molar-refractivity contribution >= 4 is 40.6 Å². The van der Waals surface area contributed by atoms with Gasteiger partial charge in [0.15, 0.2) is 4.84 Å². The van der Waals surface area contributed by atoms with Crippen LogP contribution in [0.3, 0.4) is 0 Å². The van der Waals surface area contributed by atoms with E-state index in [1.54, 1.807) is 0 Å². The molecule has 0 bridgehead atoms. The lowest BCUT2D eigenvalue weighted by molar-refractivity contribution is -0.113. The summed E-state index contributed by atoms with van der Waals surface area (Å²) < 4.78 is 0. The zero-order chi connectivity index (χ0) is 14.0. The highest BCUT2D eigenvalue weighted by molar-refractivity contribution is 6.60. The largest absolute Gasteiger partial charge is 0.371 e. The number of nitrogens with one attached hydrogen (secondary N) is 2. The molecule has 0 heterocycles. The summed E-state index contributed by atoms with van der Waals surface area (Å²) >= 11 is 17.0. The van der Waals surface area contributed by atoms with Gasteiger partial charge in [0.25, 0.3) is 0 Å². The van der Waals surface area contributed by atoms with Gasteiger partial charge >= 0.3 is 0 Å². The van der Waals surface area contributed by atoms with Crippen LogP contribution in [0.15, 0.2) is 10.9 Å². The highest BCUT2D eigenvalue weighted by Gasteiger charge is 2.19. The van der Waals surface area contributed by atoms with E-state index in [1.165, 1.54) is 0 Å². The number of Topliss-reactive ketones (excluding diaryl/α,β-unsaturated/α-hetero) is 1.